The van der Waals surface area contributed by atoms with E-state index in [4.69, 9.17) is 9.15 Å². The van der Waals surface area contributed by atoms with Crippen molar-refractivity contribution in [3.63, 3.8) is 0 Å². The predicted octanol–water partition coefficient (Wildman–Crippen LogP) is 5.47. The summed E-state index contributed by atoms with van der Waals surface area (Å²) in [5.41, 5.74) is 2.40. The first-order valence-electron chi connectivity index (χ1n) is 11.6. The smallest absolute Gasteiger partial charge is 0.359 e. The van der Waals surface area contributed by atoms with Crippen molar-refractivity contribution in [2.75, 3.05) is 5.32 Å². The maximum Gasteiger partial charge on any atom is 0.359 e. The first-order chi connectivity index (χ1) is 16.8. The number of rotatable bonds is 5. The molecule has 3 heterocycles. The van der Waals surface area contributed by atoms with Crippen LogP contribution >= 0.6 is 0 Å². The number of nitrogens with one attached hydrogen (secondary N) is 1. The summed E-state index contributed by atoms with van der Waals surface area (Å²) in [6.45, 7) is 10.7. The SMILES string of the molecule is Cc1cc([C@@H](C)Nc2ccc(F)nc2C(=O)OC(C)(C)C)c2oc(-c3cnn(C)c3)c(C)c(=O)c2c1. The van der Waals surface area contributed by atoms with Gasteiger partial charge in [0, 0.05) is 24.4 Å². The number of aryl methyl sites for hydroxylation is 2. The molecule has 0 spiro atoms. The molecule has 0 bridgehead atoms. The second kappa shape index (κ2) is 9.22. The molecule has 0 unspecified atom stereocenters. The lowest BCUT2D eigenvalue weighted by molar-refractivity contribution is 0.00627. The molecule has 0 radical (unpaired) electrons. The van der Waals surface area contributed by atoms with Crippen LogP contribution < -0.4 is 10.7 Å². The van der Waals surface area contributed by atoms with Crippen molar-refractivity contribution in [2.24, 2.45) is 7.05 Å². The van der Waals surface area contributed by atoms with Crippen molar-refractivity contribution >= 4 is 22.6 Å². The number of carbonyl (C=O) groups is 1. The molecule has 4 rings (SSSR count). The van der Waals surface area contributed by atoms with Crippen molar-refractivity contribution < 1.29 is 18.3 Å². The lowest BCUT2D eigenvalue weighted by Crippen LogP contribution is -2.25. The van der Waals surface area contributed by atoms with Crippen LogP contribution in [0.2, 0.25) is 0 Å². The number of hydrogen-bond acceptors (Lipinski definition) is 7. The van der Waals surface area contributed by atoms with Crippen LogP contribution in [0, 0.1) is 19.8 Å². The topological polar surface area (TPSA) is 99.2 Å². The van der Waals surface area contributed by atoms with Gasteiger partial charge in [0.15, 0.2) is 11.1 Å². The lowest BCUT2D eigenvalue weighted by Gasteiger charge is -2.22. The molecule has 36 heavy (non-hydrogen) atoms. The summed E-state index contributed by atoms with van der Waals surface area (Å²) in [5.74, 6) is -1.10. The summed E-state index contributed by atoms with van der Waals surface area (Å²) >= 11 is 0. The van der Waals surface area contributed by atoms with E-state index in [1.807, 2.05) is 19.9 Å². The molecular formula is C27H29FN4O4. The highest BCUT2D eigenvalue weighted by Crippen LogP contribution is 2.32. The summed E-state index contributed by atoms with van der Waals surface area (Å²) in [6, 6.07) is 5.88. The quantitative estimate of drug-likeness (QED) is 0.291. The monoisotopic (exact) mass is 492 g/mol. The number of fused-ring (bicyclic) bond motifs is 1. The van der Waals surface area contributed by atoms with Gasteiger partial charge in [0.05, 0.1) is 28.9 Å². The average molecular weight is 493 g/mol. The van der Waals surface area contributed by atoms with E-state index in [1.165, 1.54) is 12.1 Å². The Hall–Kier alpha value is -4.01. The van der Waals surface area contributed by atoms with E-state index in [0.29, 0.717) is 39.1 Å². The highest BCUT2D eigenvalue weighted by Gasteiger charge is 2.25. The number of pyridine rings is 1. The van der Waals surface area contributed by atoms with Crippen LogP contribution in [0.25, 0.3) is 22.3 Å². The summed E-state index contributed by atoms with van der Waals surface area (Å²) < 4.78 is 27.3. The molecule has 1 aromatic carbocycles. The zero-order chi connectivity index (χ0) is 26.4. The molecule has 0 aliphatic rings. The van der Waals surface area contributed by atoms with Gasteiger partial charge in [-0.15, -0.1) is 0 Å². The van der Waals surface area contributed by atoms with E-state index in [9.17, 15) is 14.0 Å². The molecule has 0 amide bonds. The summed E-state index contributed by atoms with van der Waals surface area (Å²) in [5, 5.41) is 7.87. The highest BCUT2D eigenvalue weighted by atomic mass is 19.1. The third-order valence-corrected chi connectivity index (χ3v) is 5.65. The van der Waals surface area contributed by atoms with E-state index >= 15 is 0 Å². The van der Waals surface area contributed by atoms with Gasteiger partial charge >= 0.3 is 5.97 Å². The number of nitrogens with zero attached hydrogens (tertiary/aromatic N) is 3. The Morgan fingerprint density at radius 3 is 2.58 bits per heavy atom. The summed E-state index contributed by atoms with van der Waals surface area (Å²) in [6.07, 6.45) is 3.42. The van der Waals surface area contributed by atoms with E-state index < -0.39 is 23.6 Å². The lowest BCUT2D eigenvalue weighted by atomic mass is 9.99. The van der Waals surface area contributed by atoms with Crippen LogP contribution in [0.5, 0.6) is 0 Å². The molecule has 0 aliphatic carbocycles. The maximum absolute atomic E-state index is 13.9. The van der Waals surface area contributed by atoms with E-state index in [1.54, 1.807) is 57.9 Å². The second-order valence-corrected chi connectivity index (χ2v) is 9.92. The van der Waals surface area contributed by atoms with Crippen LogP contribution in [0.15, 0.2) is 45.9 Å². The van der Waals surface area contributed by atoms with Gasteiger partial charge in [-0.25, -0.2) is 9.78 Å². The minimum Gasteiger partial charge on any atom is -0.455 e. The van der Waals surface area contributed by atoms with Crippen LogP contribution in [-0.4, -0.2) is 26.3 Å². The van der Waals surface area contributed by atoms with Gasteiger partial charge in [-0.2, -0.15) is 9.49 Å². The fourth-order valence-corrected chi connectivity index (χ4v) is 4.05. The number of aromatic nitrogens is 3. The fraction of sp³-hybridized carbons (Fsp3) is 0.333. The van der Waals surface area contributed by atoms with Crippen molar-refractivity contribution in [1.29, 1.82) is 0 Å². The fourth-order valence-electron chi connectivity index (χ4n) is 4.05. The van der Waals surface area contributed by atoms with E-state index in [2.05, 4.69) is 15.4 Å². The zero-order valence-corrected chi connectivity index (χ0v) is 21.4. The zero-order valence-electron chi connectivity index (χ0n) is 21.4. The van der Waals surface area contributed by atoms with Crippen LogP contribution in [0.3, 0.4) is 0 Å². The van der Waals surface area contributed by atoms with Crippen molar-refractivity contribution in [3.8, 4) is 11.3 Å². The Balaban J connectivity index is 1.82. The number of carbonyl (C=O) groups excluding carboxylic acids is 1. The first-order valence-corrected chi connectivity index (χ1v) is 11.6. The third-order valence-electron chi connectivity index (χ3n) is 5.65. The number of ether oxygens (including phenoxy) is 1. The molecular weight excluding hydrogens is 463 g/mol. The highest BCUT2D eigenvalue weighted by molar-refractivity contribution is 5.94. The average Bonchev–Trinajstić information content (AvgIpc) is 3.22. The van der Waals surface area contributed by atoms with Crippen molar-refractivity contribution in [2.45, 2.75) is 53.2 Å². The molecule has 0 saturated heterocycles. The standard InChI is InChI=1S/C27H29FN4O4/c1-14-10-18(16(3)30-20-8-9-21(28)31-22(20)26(34)36-27(4,5)6)25-19(11-14)23(33)15(2)24(35-25)17-12-29-32(7)13-17/h8-13,16,30H,1-7H3/t16-/m1/s1. The predicted molar refractivity (Wildman–Crippen MR) is 136 cm³/mol. The number of hydrogen-bond donors (Lipinski definition) is 1. The van der Waals surface area contributed by atoms with Gasteiger partial charge in [-0.05, 0) is 65.3 Å². The van der Waals surface area contributed by atoms with Crippen LogP contribution in [-0.2, 0) is 11.8 Å². The Morgan fingerprint density at radius 1 is 1.22 bits per heavy atom. The van der Waals surface area contributed by atoms with Gasteiger partial charge < -0.3 is 14.5 Å². The molecule has 8 nitrogen and oxygen atoms in total. The second-order valence-electron chi connectivity index (χ2n) is 9.92. The van der Waals surface area contributed by atoms with Crippen LogP contribution in [0.4, 0.5) is 10.1 Å². The van der Waals surface area contributed by atoms with E-state index in [-0.39, 0.29) is 11.1 Å². The van der Waals surface area contributed by atoms with Gasteiger partial charge in [0.2, 0.25) is 5.95 Å². The third kappa shape index (κ3) is 5.00. The number of esters is 1. The Kier molecular flexibility index (Phi) is 6.43. The molecule has 3 aromatic heterocycles. The first kappa shape index (κ1) is 25.1. The molecule has 0 fully saturated rings. The molecule has 4 aromatic rings. The largest absolute Gasteiger partial charge is 0.455 e. The minimum absolute atomic E-state index is 0.134. The normalized spacial score (nSPS) is 12.6. The molecule has 0 aliphatic heterocycles. The van der Waals surface area contributed by atoms with Crippen molar-refractivity contribution in [3.05, 3.63) is 75.2 Å². The van der Waals surface area contributed by atoms with Gasteiger partial charge in [0.1, 0.15) is 16.9 Å². The number of benzene rings is 1. The molecule has 1 atom stereocenters. The minimum atomic E-state index is -0.794. The van der Waals surface area contributed by atoms with Gasteiger partial charge in [0.25, 0.3) is 0 Å². The van der Waals surface area contributed by atoms with Gasteiger partial charge in [-0.3, -0.25) is 9.48 Å². The molecule has 1 N–H and O–H groups in total. The maximum atomic E-state index is 13.9. The Labute approximate surface area is 208 Å². The number of anilines is 1. The van der Waals surface area contributed by atoms with Crippen molar-refractivity contribution in [1.82, 2.24) is 14.8 Å². The summed E-state index contributed by atoms with van der Waals surface area (Å²) in [4.78, 5) is 29.8. The Morgan fingerprint density at radius 2 is 1.94 bits per heavy atom. The van der Waals surface area contributed by atoms with Gasteiger partial charge in [-0.1, -0.05) is 6.07 Å². The Bertz CT molecular complexity index is 1530. The number of halogens is 1. The molecule has 9 heteroatoms. The van der Waals surface area contributed by atoms with E-state index in [0.717, 1.165) is 5.56 Å². The molecule has 0 saturated carbocycles. The van der Waals surface area contributed by atoms with Crippen LogP contribution in [0.1, 0.15) is 60.9 Å². The summed E-state index contributed by atoms with van der Waals surface area (Å²) in [7, 11) is 1.79. The molecule has 188 valence electrons.